The van der Waals surface area contributed by atoms with E-state index in [4.69, 9.17) is 0 Å². The number of hydrogen-bond donors (Lipinski definition) is 4. The largest absolute Gasteiger partial charge is 0.354 e. The highest BCUT2D eigenvalue weighted by Crippen LogP contribution is 2.19. The normalized spacial score (nSPS) is 14.9. The van der Waals surface area contributed by atoms with Crippen LogP contribution in [0.5, 0.6) is 0 Å². The minimum absolute atomic E-state index is 0.0614. The summed E-state index contributed by atoms with van der Waals surface area (Å²) in [5.41, 5.74) is 1.82. The zero-order valence-corrected chi connectivity index (χ0v) is 25.8. The van der Waals surface area contributed by atoms with E-state index in [1.165, 1.54) is 6.92 Å². The predicted octanol–water partition coefficient (Wildman–Crippen LogP) is 4.23. The number of hydrogen-bond acceptors (Lipinski definition) is 5. The van der Waals surface area contributed by atoms with Gasteiger partial charge in [0.25, 0.3) is 0 Å². The van der Waals surface area contributed by atoms with E-state index in [0.717, 1.165) is 45.8 Å². The third kappa shape index (κ3) is 8.99. The molecule has 0 aromatic heterocycles. The minimum atomic E-state index is -0.870. The van der Waals surface area contributed by atoms with Crippen molar-refractivity contribution in [2.45, 2.75) is 57.5 Å². The van der Waals surface area contributed by atoms with Crippen LogP contribution < -0.4 is 21.3 Å². The second kappa shape index (κ2) is 15.4. The summed E-state index contributed by atoms with van der Waals surface area (Å²) >= 11 is 0. The van der Waals surface area contributed by atoms with Crippen LogP contribution in [-0.4, -0.2) is 55.2 Å². The maximum Gasteiger partial charge on any atom is 0.243 e. The summed E-state index contributed by atoms with van der Waals surface area (Å²) in [4.78, 5) is 52.2. The Morgan fingerprint density at radius 2 is 1.24 bits per heavy atom. The van der Waals surface area contributed by atoms with Gasteiger partial charge in [0.15, 0.2) is 0 Å². The number of amides is 3. The van der Waals surface area contributed by atoms with Crippen LogP contribution in [0.1, 0.15) is 43.7 Å². The Bertz CT molecular complexity index is 1660. The SMILES string of the molecule is CC(=O)CCCNC(=O)C(Cc1ccc2ccccc2c1)NC(=O)C(Cc1ccc2ccccc2c1)NC(=O)C1CCNCC1. The second-order valence-corrected chi connectivity index (χ2v) is 12.0. The number of piperidine rings is 1. The Balaban J connectivity index is 1.37. The number of fused-ring (bicyclic) bond motifs is 2. The van der Waals surface area contributed by atoms with Crippen LogP contribution in [0.3, 0.4) is 0 Å². The summed E-state index contributed by atoms with van der Waals surface area (Å²) < 4.78 is 0. The molecule has 1 heterocycles. The molecule has 1 fully saturated rings. The summed E-state index contributed by atoms with van der Waals surface area (Å²) in [6, 6.07) is 26.3. The van der Waals surface area contributed by atoms with Crippen molar-refractivity contribution in [1.82, 2.24) is 21.3 Å². The molecular weight excluding hydrogens is 564 g/mol. The quantitative estimate of drug-likeness (QED) is 0.170. The average Bonchev–Trinajstić information content (AvgIpc) is 3.06. The summed E-state index contributed by atoms with van der Waals surface area (Å²) in [5, 5.41) is 16.5. The van der Waals surface area contributed by atoms with Gasteiger partial charge in [-0.1, -0.05) is 84.9 Å². The van der Waals surface area contributed by atoms with E-state index in [-0.39, 0.29) is 36.4 Å². The zero-order valence-electron chi connectivity index (χ0n) is 25.8. The van der Waals surface area contributed by atoms with Crippen LogP contribution in [0.4, 0.5) is 0 Å². The van der Waals surface area contributed by atoms with Crippen molar-refractivity contribution in [3.63, 3.8) is 0 Å². The van der Waals surface area contributed by atoms with Crippen molar-refractivity contribution in [2.24, 2.45) is 5.92 Å². The van der Waals surface area contributed by atoms with Gasteiger partial charge in [0.1, 0.15) is 17.9 Å². The maximum atomic E-state index is 14.0. The lowest BCUT2D eigenvalue weighted by atomic mass is 9.95. The molecule has 8 heteroatoms. The van der Waals surface area contributed by atoms with Crippen LogP contribution in [0.2, 0.25) is 0 Å². The first-order valence-corrected chi connectivity index (χ1v) is 15.9. The highest BCUT2D eigenvalue weighted by Gasteiger charge is 2.30. The van der Waals surface area contributed by atoms with Crippen LogP contribution in [0, 0.1) is 5.92 Å². The van der Waals surface area contributed by atoms with E-state index < -0.39 is 18.0 Å². The van der Waals surface area contributed by atoms with Gasteiger partial charge in [-0.2, -0.15) is 0 Å². The van der Waals surface area contributed by atoms with E-state index in [0.29, 0.717) is 32.2 Å². The van der Waals surface area contributed by atoms with Crippen molar-refractivity contribution in [3.05, 3.63) is 96.1 Å². The van der Waals surface area contributed by atoms with E-state index in [2.05, 4.69) is 21.3 Å². The molecule has 234 valence electrons. The Morgan fingerprint density at radius 1 is 0.711 bits per heavy atom. The molecule has 0 saturated carbocycles. The molecule has 3 amide bonds. The predicted molar refractivity (Wildman–Crippen MR) is 178 cm³/mol. The number of carbonyl (C=O) groups excluding carboxylic acids is 4. The number of ketones is 1. The van der Waals surface area contributed by atoms with Gasteiger partial charge >= 0.3 is 0 Å². The molecule has 4 aromatic carbocycles. The lowest BCUT2D eigenvalue weighted by molar-refractivity contribution is -0.133. The average molecular weight is 607 g/mol. The summed E-state index contributed by atoms with van der Waals surface area (Å²) in [5.74, 6) is -0.982. The molecule has 2 atom stereocenters. The fraction of sp³-hybridized carbons (Fsp3) is 0.351. The third-order valence-corrected chi connectivity index (χ3v) is 8.49. The Morgan fingerprint density at radius 3 is 1.80 bits per heavy atom. The molecule has 4 N–H and O–H groups in total. The van der Waals surface area contributed by atoms with E-state index in [9.17, 15) is 19.2 Å². The molecule has 4 aromatic rings. The van der Waals surface area contributed by atoms with Crippen LogP contribution in [0.15, 0.2) is 84.9 Å². The third-order valence-electron chi connectivity index (χ3n) is 8.49. The molecule has 8 nitrogen and oxygen atoms in total. The molecule has 0 spiro atoms. The van der Waals surface area contributed by atoms with Crippen LogP contribution in [0.25, 0.3) is 21.5 Å². The smallest absolute Gasteiger partial charge is 0.243 e. The first-order chi connectivity index (χ1) is 21.9. The van der Waals surface area contributed by atoms with Crippen molar-refractivity contribution < 1.29 is 19.2 Å². The first-order valence-electron chi connectivity index (χ1n) is 15.9. The van der Waals surface area contributed by atoms with Crippen molar-refractivity contribution in [3.8, 4) is 0 Å². The lowest BCUT2D eigenvalue weighted by Crippen LogP contribution is -2.56. The molecule has 1 aliphatic rings. The van der Waals surface area contributed by atoms with Gasteiger partial charge in [-0.15, -0.1) is 0 Å². The number of nitrogens with one attached hydrogen (secondary N) is 4. The van der Waals surface area contributed by atoms with Crippen molar-refractivity contribution in [1.29, 1.82) is 0 Å². The maximum absolute atomic E-state index is 14.0. The fourth-order valence-electron chi connectivity index (χ4n) is 5.94. The van der Waals surface area contributed by atoms with Gasteiger partial charge in [0, 0.05) is 31.7 Å². The molecule has 45 heavy (non-hydrogen) atoms. The molecule has 5 rings (SSSR count). The van der Waals surface area contributed by atoms with Gasteiger partial charge < -0.3 is 26.1 Å². The summed E-state index contributed by atoms with van der Waals surface area (Å²) in [6.07, 6.45) is 2.89. The van der Waals surface area contributed by atoms with Crippen LogP contribution >= 0.6 is 0 Å². The Labute approximate surface area is 264 Å². The van der Waals surface area contributed by atoms with Gasteiger partial charge in [-0.25, -0.2) is 0 Å². The number of Topliss-reactive ketones (excluding diaryl/α,β-unsaturated/α-hetero) is 1. The summed E-state index contributed by atoms with van der Waals surface area (Å²) in [7, 11) is 0. The molecule has 0 aliphatic carbocycles. The highest BCUT2D eigenvalue weighted by atomic mass is 16.2. The zero-order chi connectivity index (χ0) is 31.6. The molecular formula is C37H42N4O4. The summed E-state index contributed by atoms with van der Waals surface area (Å²) in [6.45, 7) is 3.38. The first kappa shape index (κ1) is 31.9. The van der Waals surface area contributed by atoms with Crippen LogP contribution in [-0.2, 0) is 32.0 Å². The Kier molecular flexibility index (Phi) is 10.9. The van der Waals surface area contributed by atoms with Gasteiger partial charge in [-0.05, 0) is 71.9 Å². The Hall–Kier alpha value is -4.56. The number of benzene rings is 4. The topological polar surface area (TPSA) is 116 Å². The lowest BCUT2D eigenvalue weighted by Gasteiger charge is -2.27. The highest BCUT2D eigenvalue weighted by molar-refractivity contribution is 5.93. The molecule has 0 radical (unpaired) electrons. The number of carbonyl (C=O) groups is 4. The van der Waals surface area contributed by atoms with Gasteiger partial charge in [-0.3, -0.25) is 14.4 Å². The molecule has 1 aliphatic heterocycles. The second-order valence-electron chi connectivity index (χ2n) is 12.0. The van der Waals surface area contributed by atoms with E-state index in [1.807, 2.05) is 84.9 Å². The van der Waals surface area contributed by atoms with E-state index >= 15 is 0 Å². The van der Waals surface area contributed by atoms with Gasteiger partial charge in [0.2, 0.25) is 17.7 Å². The minimum Gasteiger partial charge on any atom is -0.354 e. The van der Waals surface area contributed by atoms with Crippen molar-refractivity contribution in [2.75, 3.05) is 19.6 Å². The van der Waals surface area contributed by atoms with Gasteiger partial charge in [0.05, 0.1) is 0 Å². The van der Waals surface area contributed by atoms with Crippen molar-refractivity contribution >= 4 is 45.0 Å². The number of rotatable bonds is 13. The molecule has 2 unspecified atom stereocenters. The molecule has 0 bridgehead atoms. The van der Waals surface area contributed by atoms with E-state index in [1.54, 1.807) is 0 Å². The monoisotopic (exact) mass is 606 g/mol. The molecule has 1 saturated heterocycles. The fourth-order valence-corrected chi connectivity index (χ4v) is 5.94. The standard InChI is InChI=1S/C37H42N4O4/c1-25(42)7-6-18-39-36(44)33(23-26-12-14-28-8-2-4-10-31(28)21-26)41-37(45)34(40-35(43)30-16-19-38-20-17-30)24-27-13-15-29-9-3-5-11-32(29)22-27/h2-5,8-15,21-22,30,33-34,38H,6-7,16-20,23-24H2,1H3,(H,39,44)(H,40,43)(H,41,45).